The number of nitrogens with one attached hydrogen (secondary N) is 1. The Morgan fingerprint density at radius 1 is 0.971 bits per heavy atom. The number of ether oxygens (including phenoxy) is 1. The SMILES string of the molecule is Cc1ccc(-c2nc3c(c(SCC(=O)Nc4cccc(C)c4)n2)Cc2cccc(C)c2O3)cc1. The first kappa shape index (κ1) is 22.2. The smallest absolute Gasteiger partial charge is 0.234 e. The molecule has 1 amide bonds. The summed E-state index contributed by atoms with van der Waals surface area (Å²) in [5.74, 6) is 2.18. The van der Waals surface area contributed by atoms with E-state index in [-0.39, 0.29) is 11.7 Å². The number of hydrogen-bond donors (Lipinski definition) is 1. The minimum Gasteiger partial charge on any atom is -0.438 e. The summed E-state index contributed by atoms with van der Waals surface area (Å²) >= 11 is 1.41. The summed E-state index contributed by atoms with van der Waals surface area (Å²) in [6.45, 7) is 6.09. The highest BCUT2D eigenvalue weighted by molar-refractivity contribution is 8.00. The van der Waals surface area contributed by atoms with Crippen molar-refractivity contribution in [3.05, 3.63) is 94.5 Å². The molecule has 0 spiro atoms. The fourth-order valence-corrected chi connectivity index (χ4v) is 4.79. The molecule has 3 aromatic carbocycles. The molecule has 0 saturated heterocycles. The van der Waals surface area contributed by atoms with Gasteiger partial charge in [0.05, 0.1) is 11.3 Å². The van der Waals surface area contributed by atoms with Crippen LogP contribution in [-0.4, -0.2) is 21.6 Å². The van der Waals surface area contributed by atoms with Crippen LogP contribution in [0.25, 0.3) is 11.4 Å². The van der Waals surface area contributed by atoms with Crippen LogP contribution in [0.4, 0.5) is 5.69 Å². The number of aromatic nitrogens is 2. The van der Waals surface area contributed by atoms with Gasteiger partial charge in [0.15, 0.2) is 5.82 Å². The maximum Gasteiger partial charge on any atom is 0.234 e. The fourth-order valence-electron chi connectivity index (χ4n) is 3.97. The number of para-hydroxylation sites is 1. The molecule has 0 bridgehead atoms. The normalized spacial score (nSPS) is 11.9. The molecule has 0 fully saturated rings. The highest BCUT2D eigenvalue weighted by Gasteiger charge is 2.25. The molecule has 1 aliphatic rings. The Hall–Kier alpha value is -3.64. The van der Waals surface area contributed by atoms with Gasteiger partial charge in [-0.2, -0.15) is 4.98 Å². The number of thioether (sulfide) groups is 1. The Balaban J connectivity index is 1.46. The van der Waals surface area contributed by atoms with E-state index in [0.717, 1.165) is 44.3 Å². The molecule has 5 rings (SSSR count). The van der Waals surface area contributed by atoms with Gasteiger partial charge in [0.2, 0.25) is 11.8 Å². The molecule has 0 radical (unpaired) electrons. The van der Waals surface area contributed by atoms with Crippen molar-refractivity contribution in [3.63, 3.8) is 0 Å². The summed E-state index contributed by atoms with van der Waals surface area (Å²) in [6, 6.07) is 22.0. The van der Waals surface area contributed by atoms with Gasteiger partial charge in [-0.15, -0.1) is 0 Å². The van der Waals surface area contributed by atoms with Crippen molar-refractivity contribution < 1.29 is 9.53 Å². The number of carbonyl (C=O) groups is 1. The third-order valence-corrected chi connectivity index (χ3v) is 6.76. The lowest BCUT2D eigenvalue weighted by molar-refractivity contribution is -0.113. The Kier molecular flexibility index (Phi) is 6.07. The molecule has 0 atom stereocenters. The van der Waals surface area contributed by atoms with E-state index >= 15 is 0 Å². The second-order valence-corrected chi connectivity index (χ2v) is 9.51. The van der Waals surface area contributed by atoms with Crippen molar-refractivity contribution in [2.75, 3.05) is 11.1 Å². The summed E-state index contributed by atoms with van der Waals surface area (Å²) < 4.78 is 6.29. The van der Waals surface area contributed by atoms with E-state index in [1.54, 1.807) is 0 Å². The molecule has 5 nitrogen and oxygen atoms in total. The van der Waals surface area contributed by atoms with Crippen LogP contribution in [0.5, 0.6) is 11.6 Å². The zero-order valence-electron chi connectivity index (χ0n) is 19.4. The van der Waals surface area contributed by atoms with Crippen molar-refractivity contribution in [3.8, 4) is 23.0 Å². The third kappa shape index (κ3) is 4.68. The van der Waals surface area contributed by atoms with Gasteiger partial charge in [-0.1, -0.05) is 71.9 Å². The van der Waals surface area contributed by atoms with Crippen LogP contribution in [0.3, 0.4) is 0 Å². The number of nitrogens with zero attached hydrogens (tertiary/aromatic N) is 2. The summed E-state index contributed by atoms with van der Waals surface area (Å²) in [4.78, 5) is 22.3. The molecule has 1 N–H and O–H groups in total. The molecule has 0 saturated carbocycles. The molecule has 2 heterocycles. The number of amides is 1. The monoisotopic (exact) mass is 467 g/mol. The predicted molar refractivity (Wildman–Crippen MR) is 137 cm³/mol. The maximum atomic E-state index is 12.7. The zero-order valence-corrected chi connectivity index (χ0v) is 20.2. The number of hydrogen-bond acceptors (Lipinski definition) is 5. The molecule has 1 aliphatic heterocycles. The average molecular weight is 468 g/mol. The predicted octanol–water partition coefficient (Wildman–Crippen LogP) is 6.50. The lowest BCUT2D eigenvalue weighted by Gasteiger charge is -2.23. The minimum atomic E-state index is -0.0761. The van der Waals surface area contributed by atoms with Gasteiger partial charge in [-0.3, -0.25) is 4.79 Å². The first-order valence-corrected chi connectivity index (χ1v) is 12.2. The van der Waals surface area contributed by atoms with Crippen LogP contribution < -0.4 is 10.1 Å². The van der Waals surface area contributed by atoms with Gasteiger partial charge >= 0.3 is 0 Å². The Labute approximate surface area is 203 Å². The van der Waals surface area contributed by atoms with Gasteiger partial charge in [0.25, 0.3) is 0 Å². The number of anilines is 1. The highest BCUT2D eigenvalue weighted by Crippen LogP contribution is 2.41. The van der Waals surface area contributed by atoms with Gasteiger partial charge in [0.1, 0.15) is 10.8 Å². The summed E-state index contributed by atoms with van der Waals surface area (Å²) in [5, 5.41) is 3.74. The van der Waals surface area contributed by atoms with Crippen LogP contribution >= 0.6 is 11.8 Å². The molecule has 0 unspecified atom stereocenters. The maximum absolute atomic E-state index is 12.7. The van der Waals surface area contributed by atoms with E-state index in [0.29, 0.717) is 18.1 Å². The molecule has 34 heavy (non-hydrogen) atoms. The molecule has 6 heteroatoms. The first-order chi connectivity index (χ1) is 16.5. The van der Waals surface area contributed by atoms with E-state index in [2.05, 4.69) is 18.3 Å². The topological polar surface area (TPSA) is 64.1 Å². The molecule has 4 aromatic rings. The van der Waals surface area contributed by atoms with Crippen LogP contribution in [0.2, 0.25) is 0 Å². The van der Waals surface area contributed by atoms with Crippen LogP contribution in [0.1, 0.15) is 27.8 Å². The molecule has 1 aromatic heterocycles. The van der Waals surface area contributed by atoms with E-state index < -0.39 is 0 Å². The summed E-state index contributed by atoms with van der Waals surface area (Å²) in [6.07, 6.45) is 0.669. The minimum absolute atomic E-state index is 0.0761. The standard InChI is InChI=1S/C28H25N3O2S/c1-17-10-12-20(13-11-17)26-30-27-23(15-21-8-5-7-19(3)25(21)33-27)28(31-26)34-16-24(32)29-22-9-4-6-18(2)14-22/h4-14H,15-16H2,1-3H3,(H,29,32). The Morgan fingerprint density at radius 3 is 2.56 bits per heavy atom. The number of benzene rings is 3. The van der Waals surface area contributed by atoms with Crippen molar-refractivity contribution in [2.24, 2.45) is 0 Å². The van der Waals surface area contributed by atoms with Gasteiger partial charge < -0.3 is 10.1 Å². The lowest BCUT2D eigenvalue weighted by atomic mass is 10.0. The number of aryl methyl sites for hydroxylation is 3. The quantitative estimate of drug-likeness (QED) is 0.236. The largest absolute Gasteiger partial charge is 0.438 e. The van der Waals surface area contributed by atoms with Gasteiger partial charge in [-0.05, 0) is 49.6 Å². The Bertz CT molecular complexity index is 1380. The molecule has 170 valence electrons. The van der Waals surface area contributed by atoms with Crippen LogP contribution in [0, 0.1) is 20.8 Å². The first-order valence-electron chi connectivity index (χ1n) is 11.2. The fraction of sp³-hybridized carbons (Fsp3) is 0.179. The van der Waals surface area contributed by atoms with Crippen LogP contribution in [-0.2, 0) is 11.2 Å². The molecular weight excluding hydrogens is 442 g/mol. The van der Waals surface area contributed by atoms with Crippen molar-refractivity contribution >= 4 is 23.4 Å². The number of fused-ring (bicyclic) bond motifs is 2. The molecule has 0 aliphatic carbocycles. The Morgan fingerprint density at radius 2 is 1.76 bits per heavy atom. The van der Waals surface area contributed by atoms with Crippen molar-refractivity contribution in [2.45, 2.75) is 32.2 Å². The lowest BCUT2D eigenvalue weighted by Crippen LogP contribution is -2.15. The number of rotatable bonds is 5. The summed E-state index contributed by atoms with van der Waals surface area (Å²) in [7, 11) is 0. The second-order valence-electron chi connectivity index (χ2n) is 8.55. The average Bonchev–Trinajstić information content (AvgIpc) is 2.82. The van der Waals surface area contributed by atoms with Crippen molar-refractivity contribution in [1.29, 1.82) is 0 Å². The van der Waals surface area contributed by atoms with Crippen LogP contribution in [0.15, 0.2) is 71.8 Å². The van der Waals surface area contributed by atoms with E-state index in [9.17, 15) is 4.79 Å². The second kappa shape index (κ2) is 9.31. The van der Waals surface area contributed by atoms with E-state index in [4.69, 9.17) is 14.7 Å². The van der Waals surface area contributed by atoms with Crippen molar-refractivity contribution in [1.82, 2.24) is 9.97 Å². The number of carbonyl (C=O) groups excluding carboxylic acids is 1. The van der Waals surface area contributed by atoms with Gasteiger partial charge in [-0.25, -0.2) is 4.98 Å². The zero-order chi connectivity index (χ0) is 23.7. The van der Waals surface area contributed by atoms with E-state index in [1.165, 1.54) is 17.3 Å². The third-order valence-electron chi connectivity index (χ3n) is 5.74. The highest BCUT2D eigenvalue weighted by atomic mass is 32.2. The van der Waals surface area contributed by atoms with E-state index in [1.807, 2.05) is 74.5 Å². The summed E-state index contributed by atoms with van der Waals surface area (Å²) in [5.41, 5.74) is 7.08. The van der Waals surface area contributed by atoms with Gasteiger partial charge in [0, 0.05) is 17.7 Å². The molecular formula is C28H25N3O2S.